The van der Waals surface area contributed by atoms with Gasteiger partial charge in [-0.1, -0.05) is 12.2 Å². The predicted molar refractivity (Wildman–Crippen MR) is 56.9 cm³/mol. The first kappa shape index (κ1) is 10.8. The lowest BCUT2D eigenvalue weighted by molar-refractivity contribution is 0.249. The SMILES string of the molecule is C/C(C[C@@H]1CC=CCC1)=N\NC(N)=O. The van der Waals surface area contributed by atoms with Gasteiger partial charge in [-0.05, 0) is 38.5 Å². The van der Waals surface area contributed by atoms with Gasteiger partial charge in [-0.3, -0.25) is 0 Å². The Kier molecular flexibility index (Phi) is 4.16. The zero-order chi connectivity index (χ0) is 10.4. The number of allylic oxidation sites excluding steroid dienone is 2. The first-order valence-corrected chi connectivity index (χ1v) is 4.92. The molecular formula is C10H17N3O. The van der Waals surface area contributed by atoms with E-state index in [-0.39, 0.29) is 0 Å². The van der Waals surface area contributed by atoms with Gasteiger partial charge in [-0.25, -0.2) is 10.2 Å². The van der Waals surface area contributed by atoms with Crippen LogP contribution in [0.5, 0.6) is 0 Å². The van der Waals surface area contributed by atoms with Gasteiger partial charge >= 0.3 is 6.03 Å². The van der Waals surface area contributed by atoms with Crippen molar-refractivity contribution in [1.82, 2.24) is 5.43 Å². The number of rotatable bonds is 3. The van der Waals surface area contributed by atoms with Crippen LogP contribution in [-0.2, 0) is 0 Å². The molecule has 4 nitrogen and oxygen atoms in total. The Labute approximate surface area is 84.2 Å². The zero-order valence-electron chi connectivity index (χ0n) is 8.49. The molecule has 4 heteroatoms. The van der Waals surface area contributed by atoms with Crippen molar-refractivity contribution in [2.24, 2.45) is 16.8 Å². The zero-order valence-corrected chi connectivity index (χ0v) is 8.49. The molecule has 1 atom stereocenters. The molecule has 1 aliphatic rings. The maximum absolute atomic E-state index is 10.4. The summed E-state index contributed by atoms with van der Waals surface area (Å²) in [5.74, 6) is 0.665. The van der Waals surface area contributed by atoms with Gasteiger partial charge < -0.3 is 5.73 Å². The highest BCUT2D eigenvalue weighted by atomic mass is 16.2. The van der Waals surface area contributed by atoms with Crippen LogP contribution in [0, 0.1) is 5.92 Å². The van der Waals surface area contributed by atoms with Crippen LogP contribution >= 0.6 is 0 Å². The average molecular weight is 195 g/mol. The molecule has 2 amide bonds. The lowest BCUT2D eigenvalue weighted by atomic mass is 9.90. The van der Waals surface area contributed by atoms with Crippen molar-refractivity contribution in [1.29, 1.82) is 0 Å². The number of primary amides is 1. The minimum absolute atomic E-state index is 0.604. The third kappa shape index (κ3) is 4.07. The Balaban J connectivity index is 2.31. The fraction of sp³-hybridized carbons (Fsp3) is 0.600. The maximum atomic E-state index is 10.4. The molecule has 0 saturated carbocycles. The Morgan fingerprint density at radius 3 is 3.00 bits per heavy atom. The van der Waals surface area contributed by atoms with E-state index in [2.05, 4.69) is 22.7 Å². The van der Waals surface area contributed by atoms with E-state index in [1.165, 1.54) is 6.42 Å². The third-order valence-electron chi connectivity index (χ3n) is 2.32. The summed E-state index contributed by atoms with van der Waals surface area (Å²) in [4.78, 5) is 10.4. The van der Waals surface area contributed by atoms with Gasteiger partial charge in [-0.2, -0.15) is 5.10 Å². The number of carbonyl (C=O) groups excluding carboxylic acids is 1. The minimum Gasteiger partial charge on any atom is -0.350 e. The number of nitrogens with zero attached hydrogens (tertiary/aromatic N) is 1. The van der Waals surface area contributed by atoms with Crippen molar-refractivity contribution in [3.8, 4) is 0 Å². The molecular weight excluding hydrogens is 178 g/mol. The van der Waals surface area contributed by atoms with E-state index in [0.29, 0.717) is 5.92 Å². The first-order chi connectivity index (χ1) is 6.68. The standard InChI is InChI=1S/C10H17N3O/c1-8(12-13-10(11)14)7-9-5-3-2-4-6-9/h2-3,9H,4-7H2,1H3,(H3,11,13,14)/b12-8+/t9-/m1/s1. The van der Waals surface area contributed by atoms with Crippen molar-refractivity contribution < 1.29 is 4.79 Å². The van der Waals surface area contributed by atoms with E-state index in [4.69, 9.17) is 5.73 Å². The van der Waals surface area contributed by atoms with E-state index >= 15 is 0 Å². The van der Waals surface area contributed by atoms with Gasteiger partial charge in [0.05, 0.1) is 0 Å². The van der Waals surface area contributed by atoms with E-state index in [9.17, 15) is 4.79 Å². The fourth-order valence-electron chi connectivity index (χ4n) is 1.66. The largest absolute Gasteiger partial charge is 0.350 e. The summed E-state index contributed by atoms with van der Waals surface area (Å²) >= 11 is 0. The number of nitrogens with two attached hydrogens (primary N) is 1. The third-order valence-corrected chi connectivity index (χ3v) is 2.32. The number of hydrogen-bond acceptors (Lipinski definition) is 2. The van der Waals surface area contributed by atoms with Gasteiger partial charge in [0.1, 0.15) is 0 Å². The molecule has 78 valence electrons. The summed E-state index contributed by atoms with van der Waals surface area (Å²) < 4.78 is 0. The lowest BCUT2D eigenvalue weighted by Gasteiger charge is -2.16. The molecule has 0 aromatic carbocycles. The number of urea groups is 1. The lowest BCUT2D eigenvalue weighted by Crippen LogP contribution is -2.25. The van der Waals surface area contributed by atoms with E-state index < -0.39 is 6.03 Å². The molecule has 0 radical (unpaired) electrons. The Morgan fingerprint density at radius 1 is 1.64 bits per heavy atom. The quantitative estimate of drug-likeness (QED) is 0.402. The molecule has 0 saturated heterocycles. The summed E-state index contributed by atoms with van der Waals surface area (Å²) in [6.45, 7) is 1.91. The van der Waals surface area contributed by atoms with Crippen LogP contribution in [-0.4, -0.2) is 11.7 Å². The summed E-state index contributed by atoms with van der Waals surface area (Å²) in [7, 11) is 0. The number of hydrazone groups is 1. The average Bonchev–Trinajstić information content (AvgIpc) is 2.16. The van der Waals surface area contributed by atoms with E-state index in [0.717, 1.165) is 25.0 Å². The molecule has 0 heterocycles. The monoisotopic (exact) mass is 195 g/mol. The van der Waals surface area contributed by atoms with Crippen molar-refractivity contribution in [2.75, 3.05) is 0 Å². The summed E-state index contributed by atoms with van der Waals surface area (Å²) in [6, 6.07) is -0.604. The molecule has 0 fully saturated rings. The highest BCUT2D eigenvalue weighted by Gasteiger charge is 2.10. The predicted octanol–water partition coefficient (Wildman–Crippen LogP) is 1.78. The molecule has 1 rings (SSSR count). The molecule has 0 spiro atoms. The molecule has 0 aromatic rings. The Morgan fingerprint density at radius 2 is 2.43 bits per heavy atom. The number of hydrogen-bond donors (Lipinski definition) is 2. The van der Waals surface area contributed by atoms with Crippen LogP contribution in [0.4, 0.5) is 4.79 Å². The highest BCUT2D eigenvalue weighted by molar-refractivity contribution is 5.83. The second-order valence-corrected chi connectivity index (χ2v) is 3.68. The number of carbonyl (C=O) groups is 1. The van der Waals surface area contributed by atoms with Crippen LogP contribution in [0.25, 0.3) is 0 Å². The second kappa shape index (κ2) is 5.42. The van der Waals surface area contributed by atoms with Crippen LogP contribution in [0.2, 0.25) is 0 Å². The van der Waals surface area contributed by atoms with Gasteiger partial charge in [0, 0.05) is 5.71 Å². The van der Waals surface area contributed by atoms with Crippen LogP contribution in [0.15, 0.2) is 17.3 Å². The van der Waals surface area contributed by atoms with Gasteiger partial charge in [-0.15, -0.1) is 0 Å². The summed E-state index contributed by atoms with van der Waals surface area (Å²) in [5, 5.41) is 3.89. The molecule has 0 unspecified atom stereocenters. The van der Waals surface area contributed by atoms with Crippen molar-refractivity contribution in [3.05, 3.63) is 12.2 Å². The first-order valence-electron chi connectivity index (χ1n) is 4.92. The van der Waals surface area contributed by atoms with Gasteiger partial charge in [0.25, 0.3) is 0 Å². The second-order valence-electron chi connectivity index (χ2n) is 3.68. The van der Waals surface area contributed by atoms with Crippen molar-refractivity contribution in [3.63, 3.8) is 0 Å². The van der Waals surface area contributed by atoms with Crippen molar-refractivity contribution in [2.45, 2.75) is 32.6 Å². The minimum atomic E-state index is -0.604. The molecule has 0 aromatic heterocycles. The smallest absolute Gasteiger partial charge is 0.332 e. The van der Waals surface area contributed by atoms with E-state index in [1.54, 1.807) is 0 Å². The normalized spacial score (nSPS) is 22.1. The fourth-order valence-corrected chi connectivity index (χ4v) is 1.66. The molecule has 1 aliphatic carbocycles. The summed E-state index contributed by atoms with van der Waals surface area (Å²) in [6.07, 6.45) is 8.84. The molecule has 0 bridgehead atoms. The Bertz CT molecular complexity index is 258. The van der Waals surface area contributed by atoms with Gasteiger partial charge in [0.2, 0.25) is 0 Å². The number of nitrogens with one attached hydrogen (secondary N) is 1. The van der Waals surface area contributed by atoms with Crippen LogP contribution in [0.1, 0.15) is 32.6 Å². The topological polar surface area (TPSA) is 67.5 Å². The highest BCUT2D eigenvalue weighted by Crippen LogP contribution is 2.21. The van der Waals surface area contributed by atoms with Crippen LogP contribution < -0.4 is 11.2 Å². The number of amides is 2. The Hall–Kier alpha value is -1.32. The maximum Gasteiger partial charge on any atom is 0.332 e. The van der Waals surface area contributed by atoms with Crippen molar-refractivity contribution >= 4 is 11.7 Å². The molecule has 3 N–H and O–H groups in total. The van der Waals surface area contributed by atoms with Crippen LogP contribution in [0.3, 0.4) is 0 Å². The van der Waals surface area contributed by atoms with Gasteiger partial charge in [0.15, 0.2) is 0 Å². The summed E-state index contributed by atoms with van der Waals surface area (Å²) in [5.41, 5.74) is 8.08. The molecule has 0 aliphatic heterocycles. The van der Waals surface area contributed by atoms with E-state index in [1.807, 2.05) is 6.92 Å². The molecule has 14 heavy (non-hydrogen) atoms.